The lowest BCUT2D eigenvalue weighted by Crippen LogP contribution is -1.85. The van der Waals surface area contributed by atoms with Crippen LogP contribution in [0.1, 0.15) is 12.5 Å². The summed E-state index contributed by atoms with van der Waals surface area (Å²) in [5, 5.41) is -0.184. The van der Waals surface area contributed by atoms with Crippen molar-refractivity contribution in [3.8, 4) is 0 Å². The van der Waals surface area contributed by atoms with Crippen LogP contribution >= 0.6 is 10.7 Å². The van der Waals surface area contributed by atoms with Gasteiger partial charge in [-0.15, -0.1) is 0 Å². The summed E-state index contributed by atoms with van der Waals surface area (Å²) < 4.78 is 26.0. The minimum absolute atomic E-state index is 0.184. The Morgan fingerprint density at radius 2 is 2.27 bits per heavy atom. The van der Waals surface area contributed by atoms with Gasteiger partial charge < -0.3 is 4.42 Å². The van der Waals surface area contributed by atoms with Gasteiger partial charge in [0.15, 0.2) is 0 Å². The van der Waals surface area contributed by atoms with Crippen LogP contribution in [-0.2, 0) is 15.5 Å². The normalized spacial score (nSPS) is 11.8. The highest BCUT2D eigenvalue weighted by Gasteiger charge is 2.14. The smallest absolute Gasteiger partial charge is 0.294 e. The topological polar surface area (TPSA) is 47.3 Å². The molecule has 0 aliphatic carbocycles. The molecule has 3 nitrogen and oxygen atoms in total. The zero-order chi connectivity index (χ0) is 8.48. The van der Waals surface area contributed by atoms with Crippen molar-refractivity contribution in [2.45, 2.75) is 18.4 Å². The number of hydrogen-bond donors (Lipinski definition) is 0. The van der Waals surface area contributed by atoms with Gasteiger partial charge in [0.05, 0.1) is 6.26 Å². The molecule has 0 fully saturated rings. The van der Waals surface area contributed by atoms with Gasteiger partial charge >= 0.3 is 0 Å². The maximum Gasteiger partial charge on any atom is 0.294 e. The molecular formula is C6H7ClO3S. The Morgan fingerprint density at radius 1 is 1.64 bits per heavy atom. The first kappa shape index (κ1) is 8.62. The Bertz CT molecular complexity index is 338. The largest absolute Gasteiger partial charge is 0.451 e. The Hall–Kier alpha value is -0.480. The van der Waals surface area contributed by atoms with Crippen LogP contribution in [0.2, 0.25) is 0 Å². The highest BCUT2D eigenvalue weighted by atomic mass is 35.7. The van der Waals surface area contributed by atoms with Gasteiger partial charge in [0.25, 0.3) is 9.05 Å². The van der Waals surface area contributed by atoms with E-state index in [0.29, 0.717) is 0 Å². The standard InChI is InChI=1S/C6H7ClO3S/c1-2-5-3-6(10-4-5)11(7,8)9/h3-4H,2H2,1H3. The molecule has 1 rings (SSSR count). The maximum absolute atomic E-state index is 10.6. The second-order valence-corrected chi connectivity index (χ2v) is 4.56. The first-order valence-electron chi connectivity index (χ1n) is 3.06. The third-order valence-corrected chi connectivity index (χ3v) is 2.43. The van der Waals surface area contributed by atoms with Gasteiger partial charge in [-0.1, -0.05) is 6.92 Å². The predicted molar refractivity (Wildman–Crippen MR) is 41.1 cm³/mol. The van der Waals surface area contributed by atoms with Crippen LogP contribution in [0.4, 0.5) is 0 Å². The third-order valence-electron chi connectivity index (χ3n) is 1.28. The fourth-order valence-corrected chi connectivity index (χ4v) is 1.36. The quantitative estimate of drug-likeness (QED) is 0.675. The van der Waals surface area contributed by atoms with Gasteiger partial charge in [-0.25, -0.2) is 8.42 Å². The van der Waals surface area contributed by atoms with Crippen molar-refractivity contribution < 1.29 is 12.8 Å². The van der Waals surface area contributed by atoms with E-state index in [1.807, 2.05) is 6.92 Å². The van der Waals surface area contributed by atoms with Gasteiger partial charge in [-0.3, -0.25) is 0 Å². The lowest BCUT2D eigenvalue weighted by molar-refractivity contribution is 0.454. The van der Waals surface area contributed by atoms with Gasteiger partial charge in [0.1, 0.15) is 0 Å². The Balaban J connectivity index is 3.09. The van der Waals surface area contributed by atoms with Crippen LogP contribution in [0.5, 0.6) is 0 Å². The average Bonchev–Trinajstić information content (AvgIpc) is 2.32. The monoisotopic (exact) mass is 194 g/mol. The number of hydrogen-bond acceptors (Lipinski definition) is 3. The Morgan fingerprint density at radius 3 is 2.55 bits per heavy atom. The molecule has 0 radical (unpaired) electrons. The number of aryl methyl sites for hydroxylation is 1. The van der Waals surface area contributed by atoms with E-state index in [9.17, 15) is 8.42 Å². The number of furan rings is 1. The van der Waals surface area contributed by atoms with Gasteiger partial charge in [0.2, 0.25) is 5.09 Å². The SMILES string of the molecule is CCc1coc(S(=O)(=O)Cl)c1. The molecule has 0 bridgehead atoms. The highest BCUT2D eigenvalue weighted by molar-refractivity contribution is 8.13. The molecule has 0 saturated carbocycles. The summed E-state index contributed by atoms with van der Waals surface area (Å²) in [7, 11) is 1.32. The summed E-state index contributed by atoms with van der Waals surface area (Å²) in [5.74, 6) is 0. The second kappa shape index (κ2) is 2.87. The van der Waals surface area contributed by atoms with E-state index in [1.54, 1.807) is 0 Å². The third kappa shape index (κ3) is 1.97. The molecule has 0 atom stereocenters. The fourth-order valence-electron chi connectivity index (χ4n) is 0.666. The lowest BCUT2D eigenvalue weighted by Gasteiger charge is -1.83. The van der Waals surface area contributed by atoms with Crippen molar-refractivity contribution in [3.05, 3.63) is 17.9 Å². The van der Waals surface area contributed by atoms with Crippen molar-refractivity contribution in [2.75, 3.05) is 0 Å². The van der Waals surface area contributed by atoms with Crippen molar-refractivity contribution in [3.63, 3.8) is 0 Å². The molecule has 5 heteroatoms. The molecule has 0 N–H and O–H groups in total. The highest BCUT2D eigenvalue weighted by Crippen LogP contribution is 2.17. The van der Waals surface area contributed by atoms with Crippen molar-refractivity contribution in [2.24, 2.45) is 0 Å². The number of rotatable bonds is 2. The molecule has 1 aromatic rings. The molecule has 62 valence electrons. The van der Waals surface area contributed by atoms with Crippen LogP contribution in [0, 0.1) is 0 Å². The predicted octanol–water partition coefficient (Wildman–Crippen LogP) is 1.77. The first-order valence-corrected chi connectivity index (χ1v) is 5.37. The van der Waals surface area contributed by atoms with E-state index in [2.05, 4.69) is 0 Å². The van der Waals surface area contributed by atoms with E-state index in [-0.39, 0.29) is 5.09 Å². The summed E-state index contributed by atoms with van der Waals surface area (Å²) in [6.07, 6.45) is 2.12. The molecule has 0 aliphatic heterocycles. The minimum Gasteiger partial charge on any atom is -0.451 e. The molecule has 1 heterocycles. The minimum atomic E-state index is -3.69. The molecular weight excluding hydrogens is 188 g/mol. The molecule has 0 aromatic carbocycles. The maximum atomic E-state index is 10.6. The first-order chi connectivity index (χ1) is 5.04. The second-order valence-electron chi connectivity index (χ2n) is 2.07. The van der Waals surface area contributed by atoms with E-state index >= 15 is 0 Å². The fraction of sp³-hybridized carbons (Fsp3) is 0.333. The van der Waals surface area contributed by atoms with E-state index in [1.165, 1.54) is 12.3 Å². The molecule has 0 saturated heterocycles. The Kier molecular flexibility index (Phi) is 2.25. The zero-order valence-electron chi connectivity index (χ0n) is 5.87. The van der Waals surface area contributed by atoms with Gasteiger partial charge in [0, 0.05) is 16.7 Å². The zero-order valence-corrected chi connectivity index (χ0v) is 7.45. The lowest BCUT2D eigenvalue weighted by atomic mass is 10.3. The molecule has 0 spiro atoms. The number of halogens is 1. The summed E-state index contributed by atoms with van der Waals surface area (Å²) in [6.45, 7) is 1.90. The molecule has 0 aliphatic rings. The molecule has 1 aromatic heterocycles. The van der Waals surface area contributed by atoms with E-state index in [4.69, 9.17) is 15.1 Å². The molecule has 0 amide bonds. The van der Waals surface area contributed by atoms with Crippen LogP contribution in [0.3, 0.4) is 0 Å². The van der Waals surface area contributed by atoms with Crippen LogP contribution < -0.4 is 0 Å². The van der Waals surface area contributed by atoms with E-state index in [0.717, 1.165) is 12.0 Å². The summed E-state index contributed by atoms with van der Waals surface area (Å²) in [5.41, 5.74) is 0.823. The van der Waals surface area contributed by atoms with E-state index < -0.39 is 9.05 Å². The van der Waals surface area contributed by atoms with Crippen molar-refractivity contribution >= 4 is 19.7 Å². The average molecular weight is 195 g/mol. The van der Waals surface area contributed by atoms with Crippen molar-refractivity contribution in [1.29, 1.82) is 0 Å². The summed E-state index contributed by atoms with van der Waals surface area (Å²) in [4.78, 5) is 0. The van der Waals surface area contributed by atoms with Crippen LogP contribution in [0.15, 0.2) is 21.8 Å². The Labute approximate surface area is 69.4 Å². The van der Waals surface area contributed by atoms with Crippen LogP contribution in [-0.4, -0.2) is 8.42 Å². The van der Waals surface area contributed by atoms with Gasteiger partial charge in [-0.2, -0.15) is 0 Å². The van der Waals surface area contributed by atoms with Crippen LogP contribution in [0.25, 0.3) is 0 Å². The summed E-state index contributed by atoms with van der Waals surface area (Å²) >= 11 is 0. The summed E-state index contributed by atoms with van der Waals surface area (Å²) in [6, 6.07) is 1.42. The molecule has 0 unspecified atom stereocenters. The van der Waals surface area contributed by atoms with Crippen molar-refractivity contribution in [1.82, 2.24) is 0 Å². The van der Waals surface area contributed by atoms with Gasteiger partial charge in [-0.05, 0) is 12.0 Å². The molecule has 11 heavy (non-hydrogen) atoms.